The molecule has 1 aromatic rings. The van der Waals surface area contributed by atoms with Crippen molar-refractivity contribution in [2.75, 3.05) is 19.6 Å². The molecule has 0 radical (unpaired) electrons. The molecule has 0 saturated carbocycles. The number of hydrogen-bond acceptors (Lipinski definition) is 4. The number of ether oxygens (including phenoxy) is 1. The van der Waals surface area contributed by atoms with Gasteiger partial charge in [0.05, 0.1) is 0 Å². The molecule has 24 heavy (non-hydrogen) atoms. The number of hydrogen-bond donors (Lipinski definition) is 0. The predicted molar refractivity (Wildman–Crippen MR) is 99.9 cm³/mol. The van der Waals surface area contributed by atoms with E-state index in [4.69, 9.17) is 29.2 Å². The van der Waals surface area contributed by atoms with E-state index < -0.39 is 0 Å². The molecule has 0 unspecified atom stereocenters. The van der Waals surface area contributed by atoms with Crippen LogP contribution in [0.1, 0.15) is 25.8 Å². The minimum atomic E-state index is -0.306. The Kier molecular flexibility index (Phi) is 6.39. The van der Waals surface area contributed by atoms with Crippen LogP contribution in [-0.2, 0) is 9.53 Å². The Morgan fingerprint density at radius 1 is 1.25 bits per heavy atom. The minimum absolute atomic E-state index is 0.0570. The summed E-state index contributed by atoms with van der Waals surface area (Å²) >= 11 is 10.6. The second-order valence-corrected chi connectivity index (χ2v) is 5.94. The predicted octanol–water partition coefficient (Wildman–Crippen LogP) is 3.37. The molecule has 4 nitrogen and oxygen atoms in total. The lowest BCUT2D eigenvalue weighted by Gasteiger charge is -2.20. The second kappa shape index (κ2) is 8.30. The smallest absolute Gasteiger partial charge is 0.270 e. The summed E-state index contributed by atoms with van der Waals surface area (Å²) in [7, 11) is 0. The lowest BCUT2D eigenvalue weighted by Crippen LogP contribution is -2.35. The van der Waals surface area contributed by atoms with E-state index in [2.05, 4.69) is 0 Å². The van der Waals surface area contributed by atoms with E-state index in [9.17, 15) is 9.18 Å². The summed E-state index contributed by atoms with van der Waals surface area (Å²) in [6, 6.07) is 5.99. The Bertz CT molecular complexity index is 670. The summed E-state index contributed by atoms with van der Waals surface area (Å²) in [5.74, 6) is 0.192. The largest absolute Gasteiger partial charge is 0.428 e. The van der Waals surface area contributed by atoms with Gasteiger partial charge in [0.25, 0.3) is 5.17 Å². The van der Waals surface area contributed by atoms with E-state index >= 15 is 0 Å². The van der Waals surface area contributed by atoms with E-state index in [1.165, 1.54) is 12.1 Å². The third-order valence-electron chi connectivity index (χ3n) is 3.71. The van der Waals surface area contributed by atoms with Gasteiger partial charge in [-0.05, 0) is 49.8 Å². The maximum atomic E-state index is 13.0. The molecular formula is C17H19FN2O2S2. The average molecular weight is 366 g/mol. The third kappa shape index (κ3) is 4.36. The molecule has 0 spiro atoms. The zero-order chi connectivity index (χ0) is 17.7. The van der Waals surface area contributed by atoms with Crippen molar-refractivity contribution in [3.63, 3.8) is 0 Å². The highest BCUT2D eigenvalue weighted by Gasteiger charge is 2.30. The molecule has 7 heteroatoms. The molecule has 1 fully saturated rings. The zero-order valence-electron chi connectivity index (χ0n) is 13.6. The molecule has 1 aromatic carbocycles. The number of carbonyl (C=O) groups is 1. The van der Waals surface area contributed by atoms with Gasteiger partial charge < -0.3 is 9.64 Å². The highest BCUT2D eigenvalue weighted by Crippen LogP contribution is 2.22. The van der Waals surface area contributed by atoms with Crippen LogP contribution < -0.4 is 0 Å². The van der Waals surface area contributed by atoms with Crippen LogP contribution in [0.2, 0.25) is 0 Å². The molecule has 0 aromatic heterocycles. The van der Waals surface area contributed by atoms with Crippen molar-refractivity contribution in [1.29, 1.82) is 0 Å². The Morgan fingerprint density at radius 3 is 2.46 bits per heavy atom. The summed E-state index contributed by atoms with van der Waals surface area (Å²) in [6.45, 7) is 5.62. The van der Waals surface area contributed by atoms with Gasteiger partial charge in [-0.25, -0.2) is 4.39 Å². The molecule has 0 aliphatic carbocycles. The van der Waals surface area contributed by atoms with Gasteiger partial charge in [-0.1, -0.05) is 24.4 Å². The maximum absolute atomic E-state index is 13.0. The number of thiocarbonyl (C=S) groups is 2. The summed E-state index contributed by atoms with van der Waals surface area (Å²) in [4.78, 5) is 15.9. The number of amides is 1. The number of carbonyl (C=O) groups excluding carboxylic acids is 1. The average Bonchev–Trinajstić information content (AvgIpc) is 2.82. The second-order valence-electron chi connectivity index (χ2n) is 5.20. The van der Waals surface area contributed by atoms with Gasteiger partial charge in [0.2, 0.25) is 5.91 Å². The van der Waals surface area contributed by atoms with Gasteiger partial charge in [-0.2, -0.15) is 0 Å². The molecule has 128 valence electrons. The van der Waals surface area contributed by atoms with Crippen LogP contribution in [0.4, 0.5) is 4.39 Å². The molecule has 1 amide bonds. The molecular weight excluding hydrogens is 347 g/mol. The lowest BCUT2D eigenvalue weighted by atomic mass is 10.2. The van der Waals surface area contributed by atoms with Crippen LogP contribution in [0.15, 0.2) is 30.0 Å². The highest BCUT2D eigenvalue weighted by molar-refractivity contribution is 7.82. The number of rotatable bonds is 6. The van der Waals surface area contributed by atoms with E-state index in [1.807, 2.05) is 13.8 Å². The lowest BCUT2D eigenvalue weighted by molar-refractivity contribution is -0.130. The standard InChI is InChI=1S/C17H19FN2O2S2/c1-3-19(4-2)15(21)9-10-20-16(23)14(22-17(20)24)11-12-5-7-13(18)8-6-12/h5-8,11H,3-4,9-10H2,1-2H3. The minimum Gasteiger partial charge on any atom is -0.428 e. The van der Waals surface area contributed by atoms with Crippen LogP contribution in [-0.4, -0.2) is 45.5 Å². The Hall–Kier alpha value is -1.86. The topological polar surface area (TPSA) is 32.8 Å². The molecule has 1 aliphatic rings. The molecule has 0 bridgehead atoms. The van der Waals surface area contributed by atoms with Crippen molar-refractivity contribution in [2.45, 2.75) is 20.3 Å². The fraction of sp³-hybridized carbons (Fsp3) is 0.353. The molecule has 0 N–H and O–H groups in total. The molecule has 1 heterocycles. The Labute approximate surface area is 151 Å². The maximum Gasteiger partial charge on any atom is 0.270 e. The summed E-state index contributed by atoms with van der Waals surface area (Å²) in [6.07, 6.45) is 2.02. The fourth-order valence-electron chi connectivity index (χ4n) is 2.35. The molecule has 0 atom stereocenters. The van der Waals surface area contributed by atoms with Crippen molar-refractivity contribution in [3.8, 4) is 0 Å². The van der Waals surface area contributed by atoms with Crippen molar-refractivity contribution in [2.24, 2.45) is 0 Å². The van der Waals surface area contributed by atoms with Crippen LogP contribution in [0, 0.1) is 5.82 Å². The SMILES string of the molecule is CCN(CC)C(=O)CCN1C(=S)OC(=Cc2ccc(F)cc2)C1=S. The van der Waals surface area contributed by atoms with Gasteiger partial charge in [0.1, 0.15) is 5.82 Å². The molecule has 1 aliphatic heterocycles. The van der Waals surface area contributed by atoms with E-state index in [-0.39, 0.29) is 16.9 Å². The number of halogens is 1. The van der Waals surface area contributed by atoms with Crippen molar-refractivity contribution in [1.82, 2.24) is 9.80 Å². The van der Waals surface area contributed by atoms with E-state index in [1.54, 1.807) is 28.0 Å². The van der Waals surface area contributed by atoms with Crippen molar-refractivity contribution >= 4 is 46.6 Å². The first-order valence-corrected chi connectivity index (χ1v) is 8.56. The van der Waals surface area contributed by atoms with Crippen molar-refractivity contribution < 1.29 is 13.9 Å². The fourth-order valence-corrected chi connectivity index (χ4v) is 2.95. The van der Waals surface area contributed by atoms with Crippen LogP contribution >= 0.6 is 24.4 Å². The number of nitrogens with zero attached hydrogens (tertiary/aromatic N) is 2. The highest BCUT2D eigenvalue weighted by atomic mass is 32.1. The van der Waals surface area contributed by atoms with E-state index in [0.717, 1.165) is 5.56 Å². The van der Waals surface area contributed by atoms with E-state index in [0.29, 0.717) is 36.8 Å². The Balaban J connectivity index is 2.03. The first-order valence-electron chi connectivity index (χ1n) is 7.75. The van der Waals surface area contributed by atoms with Gasteiger partial charge >= 0.3 is 0 Å². The Morgan fingerprint density at radius 2 is 1.88 bits per heavy atom. The normalized spacial score (nSPS) is 15.8. The molecule has 1 saturated heterocycles. The van der Waals surface area contributed by atoms with Gasteiger partial charge in [0.15, 0.2) is 10.7 Å². The molecule has 2 rings (SSSR count). The summed E-state index contributed by atoms with van der Waals surface area (Å²) in [5.41, 5.74) is 0.762. The summed E-state index contributed by atoms with van der Waals surface area (Å²) < 4.78 is 18.5. The quantitative estimate of drug-likeness (QED) is 0.569. The first kappa shape index (κ1) is 18.5. The van der Waals surface area contributed by atoms with Crippen molar-refractivity contribution in [3.05, 3.63) is 41.4 Å². The van der Waals surface area contributed by atoms with Crippen LogP contribution in [0.25, 0.3) is 6.08 Å². The van der Waals surface area contributed by atoms with Gasteiger partial charge in [-0.15, -0.1) is 0 Å². The zero-order valence-corrected chi connectivity index (χ0v) is 15.3. The summed E-state index contributed by atoms with van der Waals surface area (Å²) in [5, 5.41) is 0.237. The third-order valence-corrected chi connectivity index (χ3v) is 4.43. The first-order chi connectivity index (χ1) is 11.5. The monoisotopic (exact) mass is 366 g/mol. The van der Waals surface area contributed by atoms with Crippen LogP contribution in [0.3, 0.4) is 0 Å². The van der Waals surface area contributed by atoms with Gasteiger partial charge in [0, 0.05) is 26.1 Å². The van der Waals surface area contributed by atoms with Crippen LogP contribution in [0.5, 0.6) is 0 Å². The van der Waals surface area contributed by atoms with Gasteiger partial charge in [-0.3, -0.25) is 9.69 Å². The number of benzene rings is 1.